The molecule has 0 aliphatic carbocycles. The molecule has 3 N–H and O–H groups in total. The summed E-state index contributed by atoms with van der Waals surface area (Å²) in [6.45, 7) is 1.72. The smallest absolute Gasteiger partial charge is 0.163 e. The van der Waals surface area contributed by atoms with E-state index < -0.39 is 6.10 Å². The van der Waals surface area contributed by atoms with Crippen molar-refractivity contribution in [2.75, 3.05) is 31.7 Å². The summed E-state index contributed by atoms with van der Waals surface area (Å²) in [7, 11) is 0. The van der Waals surface area contributed by atoms with Crippen molar-refractivity contribution in [3.8, 4) is 17.2 Å². The molecule has 4 rings (SSSR count). The highest BCUT2D eigenvalue weighted by atomic mass is 16.6. The summed E-state index contributed by atoms with van der Waals surface area (Å²) in [5.41, 5.74) is 1.89. The van der Waals surface area contributed by atoms with Crippen LogP contribution in [0.3, 0.4) is 0 Å². The zero-order chi connectivity index (χ0) is 17.1. The normalized spacial score (nSPS) is 14.3. The maximum Gasteiger partial charge on any atom is 0.163 e. The molecule has 0 fully saturated rings. The lowest BCUT2D eigenvalue weighted by atomic mass is 10.2. The SMILES string of the molecule is OC(CNc1ccc2c(c1)OCCO2)COc1ccc2cc[nH]c2c1. The van der Waals surface area contributed by atoms with E-state index in [0.29, 0.717) is 19.8 Å². The van der Waals surface area contributed by atoms with Crippen LogP contribution in [0.25, 0.3) is 10.9 Å². The first-order valence-electron chi connectivity index (χ1n) is 8.29. The first kappa shape index (κ1) is 15.7. The fourth-order valence-corrected chi connectivity index (χ4v) is 2.76. The zero-order valence-corrected chi connectivity index (χ0v) is 13.7. The second kappa shape index (κ2) is 6.94. The number of aromatic amines is 1. The number of aliphatic hydroxyl groups excluding tert-OH is 1. The van der Waals surface area contributed by atoms with Gasteiger partial charge in [-0.3, -0.25) is 0 Å². The summed E-state index contributed by atoms with van der Waals surface area (Å²) in [5.74, 6) is 2.20. The van der Waals surface area contributed by atoms with Gasteiger partial charge in [-0.1, -0.05) is 0 Å². The van der Waals surface area contributed by atoms with Crippen molar-refractivity contribution in [2.45, 2.75) is 6.10 Å². The van der Waals surface area contributed by atoms with Gasteiger partial charge in [0.1, 0.15) is 31.7 Å². The summed E-state index contributed by atoms with van der Waals surface area (Å²) in [4.78, 5) is 3.14. The summed E-state index contributed by atoms with van der Waals surface area (Å²) in [6, 6.07) is 13.5. The fourth-order valence-electron chi connectivity index (χ4n) is 2.76. The minimum Gasteiger partial charge on any atom is -0.491 e. The molecule has 0 radical (unpaired) electrons. The molecule has 1 aliphatic heterocycles. The number of hydrogen-bond donors (Lipinski definition) is 3. The van der Waals surface area contributed by atoms with Gasteiger partial charge in [-0.15, -0.1) is 0 Å². The van der Waals surface area contributed by atoms with Crippen LogP contribution in [0.4, 0.5) is 5.69 Å². The predicted molar refractivity (Wildman–Crippen MR) is 95.7 cm³/mol. The summed E-state index contributed by atoms with van der Waals surface area (Å²) < 4.78 is 16.7. The maximum atomic E-state index is 10.1. The predicted octanol–water partition coefficient (Wildman–Crippen LogP) is 2.79. The highest BCUT2D eigenvalue weighted by Crippen LogP contribution is 2.32. The van der Waals surface area contributed by atoms with Crippen molar-refractivity contribution < 1.29 is 19.3 Å². The number of nitrogens with one attached hydrogen (secondary N) is 2. The van der Waals surface area contributed by atoms with E-state index in [1.165, 1.54) is 0 Å². The van der Waals surface area contributed by atoms with Gasteiger partial charge in [-0.2, -0.15) is 0 Å². The van der Waals surface area contributed by atoms with E-state index in [-0.39, 0.29) is 6.61 Å². The summed E-state index contributed by atoms with van der Waals surface area (Å²) >= 11 is 0. The molecule has 0 spiro atoms. The van der Waals surface area contributed by atoms with Crippen LogP contribution in [0.1, 0.15) is 0 Å². The highest BCUT2D eigenvalue weighted by Gasteiger charge is 2.12. The highest BCUT2D eigenvalue weighted by molar-refractivity contribution is 5.80. The van der Waals surface area contributed by atoms with E-state index >= 15 is 0 Å². The van der Waals surface area contributed by atoms with Gasteiger partial charge in [0.05, 0.1) is 0 Å². The van der Waals surface area contributed by atoms with Gasteiger partial charge in [-0.05, 0) is 35.7 Å². The van der Waals surface area contributed by atoms with Gasteiger partial charge in [0.25, 0.3) is 0 Å². The van der Waals surface area contributed by atoms with E-state index in [0.717, 1.165) is 33.8 Å². The molecule has 0 saturated carbocycles. The molecule has 130 valence electrons. The monoisotopic (exact) mass is 340 g/mol. The minimum atomic E-state index is -0.632. The number of benzene rings is 2. The third-order valence-electron chi connectivity index (χ3n) is 4.05. The first-order chi connectivity index (χ1) is 12.3. The lowest BCUT2D eigenvalue weighted by molar-refractivity contribution is 0.117. The lowest BCUT2D eigenvalue weighted by Gasteiger charge is -2.20. The number of rotatable bonds is 6. The summed E-state index contributed by atoms with van der Waals surface area (Å²) in [5, 5.41) is 14.4. The average molecular weight is 340 g/mol. The molecule has 0 bridgehead atoms. The third kappa shape index (κ3) is 3.64. The molecule has 2 heterocycles. The number of ether oxygens (including phenoxy) is 3. The Balaban J connectivity index is 1.29. The minimum absolute atomic E-state index is 0.212. The largest absolute Gasteiger partial charge is 0.491 e. The molecule has 1 unspecified atom stereocenters. The van der Waals surface area contributed by atoms with Crippen LogP contribution in [0.5, 0.6) is 17.2 Å². The van der Waals surface area contributed by atoms with Gasteiger partial charge >= 0.3 is 0 Å². The van der Waals surface area contributed by atoms with E-state index in [4.69, 9.17) is 14.2 Å². The van der Waals surface area contributed by atoms with Crippen molar-refractivity contribution in [1.29, 1.82) is 0 Å². The topological polar surface area (TPSA) is 75.7 Å². The van der Waals surface area contributed by atoms with Gasteiger partial charge in [0.15, 0.2) is 11.5 Å². The Labute approximate surface area is 145 Å². The molecule has 0 amide bonds. The average Bonchev–Trinajstić information content (AvgIpc) is 3.12. The standard InChI is InChI=1S/C19H20N2O4/c22-15(12-25-16-3-1-13-5-6-20-17(13)10-16)11-21-14-2-4-18-19(9-14)24-8-7-23-18/h1-6,9-10,15,20-22H,7-8,11-12H2. The van der Waals surface area contributed by atoms with Gasteiger partial charge in [0.2, 0.25) is 0 Å². The summed E-state index contributed by atoms with van der Waals surface area (Å²) in [6.07, 6.45) is 1.26. The number of H-pyrrole nitrogens is 1. The molecule has 1 aliphatic rings. The van der Waals surface area contributed by atoms with Crippen LogP contribution in [0.15, 0.2) is 48.7 Å². The first-order valence-corrected chi connectivity index (χ1v) is 8.29. The van der Waals surface area contributed by atoms with E-state index in [1.807, 2.05) is 48.7 Å². The van der Waals surface area contributed by atoms with Crippen LogP contribution < -0.4 is 19.5 Å². The zero-order valence-electron chi connectivity index (χ0n) is 13.7. The second-order valence-corrected chi connectivity index (χ2v) is 5.93. The van der Waals surface area contributed by atoms with Crippen LogP contribution in [0.2, 0.25) is 0 Å². The molecule has 3 aromatic rings. The van der Waals surface area contributed by atoms with Crippen molar-refractivity contribution in [3.05, 3.63) is 48.7 Å². The van der Waals surface area contributed by atoms with Crippen molar-refractivity contribution in [2.24, 2.45) is 0 Å². The van der Waals surface area contributed by atoms with Crippen LogP contribution in [-0.4, -0.2) is 42.6 Å². The van der Waals surface area contributed by atoms with Gasteiger partial charge in [-0.25, -0.2) is 0 Å². The van der Waals surface area contributed by atoms with E-state index in [1.54, 1.807) is 0 Å². The number of anilines is 1. The molecule has 2 aromatic carbocycles. The molecule has 1 atom stereocenters. The lowest BCUT2D eigenvalue weighted by Crippen LogP contribution is -2.26. The Morgan fingerprint density at radius 2 is 1.96 bits per heavy atom. The molecule has 6 heteroatoms. The Morgan fingerprint density at radius 1 is 1.08 bits per heavy atom. The van der Waals surface area contributed by atoms with Crippen LogP contribution in [0, 0.1) is 0 Å². The van der Waals surface area contributed by atoms with Gasteiger partial charge < -0.3 is 29.6 Å². The second-order valence-electron chi connectivity index (χ2n) is 5.93. The fraction of sp³-hybridized carbons (Fsp3) is 0.263. The molecule has 0 saturated heterocycles. The Bertz CT molecular complexity index is 862. The molecule has 1 aromatic heterocycles. The van der Waals surface area contributed by atoms with E-state index in [2.05, 4.69) is 10.3 Å². The maximum absolute atomic E-state index is 10.1. The number of hydrogen-bond acceptors (Lipinski definition) is 5. The van der Waals surface area contributed by atoms with Crippen LogP contribution >= 0.6 is 0 Å². The molecule has 25 heavy (non-hydrogen) atoms. The Hall–Kier alpha value is -2.86. The Morgan fingerprint density at radius 3 is 2.88 bits per heavy atom. The molecular formula is C19H20N2O4. The number of fused-ring (bicyclic) bond motifs is 2. The Kier molecular flexibility index (Phi) is 4.35. The van der Waals surface area contributed by atoms with Crippen molar-refractivity contribution >= 4 is 16.6 Å². The van der Waals surface area contributed by atoms with Gasteiger partial charge in [0, 0.05) is 36.1 Å². The molecule has 6 nitrogen and oxygen atoms in total. The number of aromatic nitrogens is 1. The quantitative estimate of drug-likeness (QED) is 0.643. The van der Waals surface area contributed by atoms with E-state index in [9.17, 15) is 5.11 Å². The third-order valence-corrected chi connectivity index (χ3v) is 4.05. The van der Waals surface area contributed by atoms with Crippen LogP contribution in [-0.2, 0) is 0 Å². The van der Waals surface area contributed by atoms with Crippen molar-refractivity contribution in [1.82, 2.24) is 4.98 Å². The molecular weight excluding hydrogens is 320 g/mol. The number of aliphatic hydroxyl groups is 1. The van der Waals surface area contributed by atoms with Crippen molar-refractivity contribution in [3.63, 3.8) is 0 Å².